The molecule has 1 aromatic heterocycles. The zero-order valence-corrected chi connectivity index (χ0v) is 14.4. The standard InChI is InChI=1S/C16H18Cl2N2O3/c1-20(2)14(15-4-3-7-22-15)9-19-16(21)10-23-11-5-6-12(17)13(18)8-11/h3-8,14H,9-10H2,1-2H3,(H,19,21). The predicted octanol–water partition coefficient (Wildman–Crippen LogP) is 3.38. The number of nitrogens with one attached hydrogen (secondary N) is 1. The first-order chi connectivity index (χ1) is 11.0. The minimum atomic E-state index is -0.227. The monoisotopic (exact) mass is 356 g/mol. The molecule has 0 saturated heterocycles. The summed E-state index contributed by atoms with van der Waals surface area (Å²) in [5.74, 6) is 1.06. The van der Waals surface area contributed by atoms with Crippen LogP contribution in [-0.4, -0.2) is 38.1 Å². The lowest BCUT2D eigenvalue weighted by atomic mass is 10.2. The highest BCUT2D eigenvalue weighted by Gasteiger charge is 2.17. The Morgan fingerprint density at radius 1 is 1.30 bits per heavy atom. The van der Waals surface area contributed by atoms with E-state index in [0.717, 1.165) is 5.76 Å². The molecule has 23 heavy (non-hydrogen) atoms. The Morgan fingerprint density at radius 2 is 2.09 bits per heavy atom. The van der Waals surface area contributed by atoms with Crippen molar-refractivity contribution in [3.8, 4) is 5.75 Å². The fraction of sp³-hybridized carbons (Fsp3) is 0.312. The van der Waals surface area contributed by atoms with Gasteiger partial charge in [0.05, 0.1) is 22.4 Å². The molecule has 1 unspecified atom stereocenters. The van der Waals surface area contributed by atoms with E-state index < -0.39 is 0 Å². The number of rotatable bonds is 7. The molecule has 1 amide bonds. The molecule has 0 bridgehead atoms. The Morgan fingerprint density at radius 3 is 2.70 bits per heavy atom. The number of benzene rings is 1. The number of carbonyl (C=O) groups is 1. The van der Waals surface area contributed by atoms with Crippen LogP contribution >= 0.6 is 23.2 Å². The second-order valence-corrected chi connectivity index (χ2v) is 5.98. The number of likely N-dealkylation sites (N-methyl/N-ethyl adjacent to an activating group) is 1. The molecule has 7 heteroatoms. The first kappa shape index (κ1) is 17.7. The van der Waals surface area contributed by atoms with Crippen molar-refractivity contribution in [1.82, 2.24) is 10.2 Å². The van der Waals surface area contributed by atoms with Crippen LogP contribution in [0.15, 0.2) is 41.0 Å². The minimum Gasteiger partial charge on any atom is -0.484 e. The largest absolute Gasteiger partial charge is 0.484 e. The second kappa shape index (κ2) is 8.24. The summed E-state index contributed by atoms with van der Waals surface area (Å²) in [4.78, 5) is 13.9. The van der Waals surface area contributed by atoms with E-state index in [9.17, 15) is 4.79 Å². The third-order valence-corrected chi connectivity index (χ3v) is 3.99. The zero-order valence-electron chi connectivity index (χ0n) is 12.9. The van der Waals surface area contributed by atoms with Gasteiger partial charge < -0.3 is 14.5 Å². The minimum absolute atomic E-state index is 0.0427. The van der Waals surface area contributed by atoms with Gasteiger partial charge in [-0.15, -0.1) is 0 Å². The van der Waals surface area contributed by atoms with E-state index in [1.807, 2.05) is 31.1 Å². The number of carbonyl (C=O) groups excluding carboxylic acids is 1. The first-order valence-electron chi connectivity index (χ1n) is 7.01. The summed E-state index contributed by atoms with van der Waals surface area (Å²) >= 11 is 11.7. The fourth-order valence-electron chi connectivity index (χ4n) is 2.00. The Balaban J connectivity index is 1.83. The average Bonchev–Trinajstić information content (AvgIpc) is 3.02. The molecule has 1 atom stereocenters. The SMILES string of the molecule is CN(C)C(CNC(=O)COc1ccc(Cl)c(Cl)c1)c1ccco1. The first-order valence-corrected chi connectivity index (χ1v) is 7.77. The van der Waals surface area contributed by atoms with E-state index in [1.54, 1.807) is 24.5 Å². The van der Waals surface area contributed by atoms with Crippen molar-refractivity contribution in [3.05, 3.63) is 52.4 Å². The summed E-state index contributed by atoms with van der Waals surface area (Å²) in [5.41, 5.74) is 0. The smallest absolute Gasteiger partial charge is 0.258 e. The summed E-state index contributed by atoms with van der Waals surface area (Å²) in [5, 5.41) is 3.65. The molecule has 1 aromatic carbocycles. The van der Waals surface area contributed by atoms with Crippen LogP contribution in [0.1, 0.15) is 11.8 Å². The molecule has 0 radical (unpaired) electrons. The topological polar surface area (TPSA) is 54.7 Å². The van der Waals surface area contributed by atoms with Crippen LogP contribution in [0.3, 0.4) is 0 Å². The van der Waals surface area contributed by atoms with Crippen molar-refractivity contribution >= 4 is 29.1 Å². The van der Waals surface area contributed by atoms with Crippen LogP contribution in [0.25, 0.3) is 0 Å². The number of nitrogens with zero attached hydrogens (tertiary/aromatic N) is 1. The van der Waals surface area contributed by atoms with Gasteiger partial charge in [0.1, 0.15) is 11.5 Å². The number of amides is 1. The van der Waals surface area contributed by atoms with E-state index in [4.69, 9.17) is 32.4 Å². The van der Waals surface area contributed by atoms with Crippen molar-refractivity contribution in [2.75, 3.05) is 27.2 Å². The molecule has 5 nitrogen and oxygen atoms in total. The molecule has 2 aromatic rings. The summed E-state index contributed by atoms with van der Waals surface area (Å²) in [6.45, 7) is 0.320. The number of hydrogen-bond donors (Lipinski definition) is 1. The van der Waals surface area contributed by atoms with Crippen molar-refractivity contribution in [3.63, 3.8) is 0 Å². The zero-order chi connectivity index (χ0) is 16.8. The summed E-state index contributed by atoms with van der Waals surface area (Å²) < 4.78 is 10.8. The molecule has 2 rings (SSSR count). The molecular weight excluding hydrogens is 339 g/mol. The number of ether oxygens (including phenoxy) is 1. The van der Waals surface area contributed by atoms with Crippen molar-refractivity contribution in [2.45, 2.75) is 6.04 Å². The lowest BCUT2D eigenvalue weighted by molar-refractivity contribution is -0.123. The third-order valence-electron chi connectivity index (χ3n) is 3.25. The molecule has 1 heterocycles. The van der Waals surface area contributed by atoms with Crippen LogP contribution in [0.5, 0.6) is 5.75 Å². The Bertz CT molecular complexity index is 645. The van der Waals surface area contributed by atoms with Crippen LogP contribution in [-0.2, 0) is 4.79 Å². The highest BCUT2D eigenvalue weighted by molar-refractivity contribution is 6.42. The van der Waals surface area contributed by atoms with Crippen LogP contribution in [0, 0.1) is 0 Å². The molecule has 0 fully saturated rings. The van der Waals surface area contributed by atoms with E-state index in [1.165, 1.54) is 0 Å². The Hall–Kier alpha value is -1.69. The van der Waals surface area contributed by atoms with Crippen LogP contribution < -0.4 is 10.1 Å². The van der Waals surface area contributed by atoms with Gasteiger partial charge in [-0.2, -0.15) is 0 Å². The molecule has 0 saturated carbocycles. The van der Waals surface area contributed by atoms with E-state index in [2.05, 4.69) is 5.32 Å². The van der Waals surface area contributed by atoms with Gasteiger partial charge in [-0.1, -0.05) is 23.2 Å². The van der Waals surface area contributed by atoms with Gasteiger partial charge in [0.25, 0.3) is 5.91 Å². The Kier molecular flexibility index (Phi) is 6.33. The average molecular weight is 357 g/mol. The van der Waals surface area contributed by atoms with E-state index in [-0.39, 0.29) is 18.6 Å². The summed E-state index contributed by atoms with van der Waals surface area (Å²) in [7, 11) is 3.84. The second-order valence-electron chi connectivity index (χ2n) is 5.16. The van der Waals surface area contributed by atoms with Gasteiger partial charge in [0.2, 0.25) is 0 Å². The van der Waals surface area contributed by atoms with Gasteiger partial charge in [0, 0.05) is 12.6 Å². The van der Waals surface area contributed by atoms with Crippen molar-refractivity contribution < 1.29 is 13.9 Å². The lowest BCUT2D eigenvalue weighted by Gasteiger charge is -2.22. The molecule has 0 aliphatic rings. The summed E-state index contributed by atoms with van der Waals surface area (Å²) in [6.07, 6.45) is 1.61. The lowest BCUT2D eigenvalue weighted by Crippen LogP contribution is -2.36. The van der Waals surface area contributed by atoms with E-state index in [0.29, 0.717) is 22.3 Å². The van der Waals surface area contributed by atoms with Gasteiger partial charge in [-0.05, 0) is 38.4 Å². The number of hydrogen-bond acceptors (Lipinski definition) is 4. The predicted molar refractivity (Wildman–Crippen MR) is 90.1 cm³/mol. The molecule has 0 aliphatic carbocycles. The maximum absolute atomic E-state index is 11.9. The number of halogens is 2. The molecule has 0 spiro atoms. The van der Waals surface area contributed by atoms with Gasteiger partial charge in [-0.3, -0.25) is 9.69 Å². The molecule has 1 N–H and O–H groups in total. The van der Waals surface area contributed by atoms with Gasteiger partial charge in [-0.25, -0.2) is 0 Å². The normalized spacial score (nSPS) is 12.2. The van der Waals surface area contributed by atoms with Crippen LogP contribution in [0.2, 0.25) is 10.0 Å². The maximum Gasteiger partial charge on any atom is 0.258 e. The quantitative estimate of drug-likeness (QED) is 0.825. The highest BCUT2D eigenvalue weighted by atomic mass is 35.5. The summed E-state index contributed by atoms with van der Waals surface area (Å²) in [6, 6.07) is 8.51. The van der Waals surface area contributed by atoms with Crippen molar-refractivity contribution in [2.24, 2.45) is 0 Å². The molecule has 124 valence electrons. The van der Waals surface area contributed by atoms with Crippen LogP contribution in [0.4, 0.5) is 0 Å². The fourth-order valence-corrected chi connectivity index (χ4v) is 2.28. The molecular formula is C16H18Cl2N2O3. The van der Waals surface area contributed by atoms with Crippen molar-refractivity contribution in [1.29, 1.82) is 0 Å². The third kappa shape index (κ3) is 5.16. The number of furan rings is 1. The maximum atomic E-state index is 11.9. The Labute approximate surface area is 145 Å². The van der Waals surface area contributed by atoms with E-state index >= 15 is 0 Å². The molecule has 0 aliphatic heterocycles. The van der Waals surface area contributed by atoms with Gasteiger partial charge in [0.15, 0.2) is 6.61 Å². The highest BCUT2D eigenvalue weighted by Crippen LogP contribution is 2.26. The van der Waals surface area contributed by atoms with Gasteiger partial charge >= 0.3 is 0 Å².